The van der Waals surface area contributed by atoms with Crippen LogP contribution in [0, 0.1) is 5.41 Å². The molecule has 0 radical (unpaired) electrons. The standard InChI is InChI=1S/C14H26O6/c1-4-7-8-19-10-11(15)9-14(5-2,12(16)17)13(18)20-6-3/h11,15H,4-10H2,1-3H3,(H,16,17). The Morgan fingerprint density at radius 2 is 1.90 bits per heavy atom. The van der Waals surface area contributed by atoms with E-state index in [0.717, 1.165) is 12.8 Å². The lowest BCUT2D eigenvalue weighted by Gasteiger charge is -2.27. The van der Waals surface area contributed by atoms with Crippen LogP contribution in [-0.4, -0.2) is 48.1 Å². The van der Waals surface area contributed by atoms with E-state index in [1.165, 1.54) is 0 Å². The lowest BCUT2D eigenvalue weighted by Crippen LogP contribution is -2.43. The first-order valence-corrected chi connectivity index (χ1v) is 7.11. The van der Waals surface area contributed by atoms with Gasteiger partial charge in [-0.3, -0.25) is 9.59 Å². The highest BCUT2D eigenvalue weighted by atomic mass is 16.5. The highest BCUT2D eigenvalue weighted by molar-refractivity contribution is 5.99. The maximum atomic E-state index is 11.9. The zero-order valence-corrected chi connectivity index (χ0v) is 12.6. The summed E-state index contributed by atoms with van der Waals surface area (Å²) in [6.07, 6.45) is 0.708. The van der Waals surface area contributed by atoms with Crippen molar-refractivity contribution in [1.29, 1.82) is 0 Å². The number of hydrogen-bond acceptors (Lipinski definition) is 5. The fourth-order valence-corrected chi connectivity index (χ4v) is 1.89. The number of esters is 1. The van der Waals surface area contributed by atoms with Crippen LogP contribution in [0.4, 0.5) is 0 Å². The molecular weight excluding hydrogens is 264 g/mol. The maximum Gasteiger partial charge on any atom is 0.323 e. The largest absolute Gasteiger partial charge is 0.480 e. The van der Waals surface area contributed by atoms with Gasteiger partial charge in [0.05, 0.1) is 19.3 Å². The van der Waals surface area contributed by atoms with Gasteiger partial charge in [-0.25, -0.2) is 0 Å². The van der Waals surface area contributed by atoms with Gasteiger partial charge in [0.25, 0.3) is 0 Å². The summed E-state index contributed by atoms with van der Waals surface area (Å²) in [7, 11) is 0. The Hall–Kier alpha value is -1.14. The number of aliphatic hydroxyl groups excluding tert-OH is 1. The molecule has 0 saturated carbocycles. The van der Waals surface area contributed by atoms with E-state index in [2.05, 4.69) is 0 Å². The summed E-state index contributed by atoms with van der Waals surface area (Å²) < 4.78 is 10.1. The Balaban J connectivity index is 4.64. The minimum absolute atomic E-state index is 0.0223. The Morgan fingerprint density at radius 3 is 2.35 bits per heavy atom. The number of carboxylic acid groups (broad SMARTS) is 1. The number of unbranched alkanes of at least 4 members (excludes halogenated alkanes) is 1. The van der Waals surface area contributed by atoms with Gasteiger partial charge >= 0.3 is 11.9 Å². The third-order valence-electron chi connectivity index (χ3n) is 3.22. The van der Waals surface area contributed by atoms with Crippen LogP contribution in [0.2, 0.25) is 0 Å². The van der Waals surface area contributed by atoms with E-state index < -0.39 is 23.5 Å². The van der Waals surface area contributed by atoms with Gasteiger partial charge in [0.2, 0.25) is 0 Å². The number of rotatable bonds is 11. The van der Waals surface area contributed by atoms with Crippen molar-refractivity contribution in [2.75, 3.05) is 19.8 Å². The predicted molar refractivity (Wildman–Crippen MR) is 73.3 cm³/mol. The molecule has 0 heterocycles. The van der Waals surface area contributed by atoms with Crippen molar-refractivity contribution in [2.24, 2.45) is 5.41 Å². The topological polar surface area (TPSA) is 93.1 Å². The van der Waals surface area contributed by atoms with Gasteiger partial charge < -0.3 is 19.7 Å². The molecule has 0 aromatic carbocycles. The summed E-state index contributed by atoms with van der Waals surface area (Å²) in [5, 5.41) is 19.2. The SMILES string of the molecule is CCCCOCC(O)CC(CC)(C(=O)O)C(=O)OCC. The molecule has 0 bridgehead atoms. The third kappa shape index (κ3) is 5.46. The minimum atomic E-state index is -1.70. The van der Waals surface area contributed by atoms with Crippen molar-refractivity contribution in [3.05, 3.63) is 0 Å². The molecule has 2 unspecified atom stereocenters. The molecule has 2 N–H and O–H groups in total. The van der Waals surface area contributed by atoms with Crippen molar-refractivity contribution >= 4 is 11.9 Å². The van der Waals surface area contributed by atoms with E-state index in [1.807, 2.05) is 6.92 Å². The number of carbonyl (C=O) groups is 2. The second-order valence-electron chi connectivity index (χ2n) is 4.75. The van der Waals surface area contributed by atoms with Crippen LogP contribution >= 0.6 is 0 Å². The highest BCUT2D eigenvalue weighted by Crippen LogP contribution is 2.30. The van der Waals surface area contributed by atoms with Crippen molar-refractivity contribution in [3.8, 4) is 0 Å². The van der Waals surface area contributed by atoms with Crippen LogP contribution in [0.15, 0.2) is 0 Å². The Morgan fingerprint density at radius 1 is 1.25 bits per heavy atom. The quantitative estimate of drug-likeness (QED) is 0.341. The summed E-state index contributed by atoms with van der Waals surface area (Å²) in [5.74, 6) is -2.08. The number of aliphatic hydroxyl groups is 1. The number of carboxylic acids is 1. The monoisotopic (exact) mass is 290 g/mol. The minimum Gasteiger partial charge on any atom is -0.480 e. The Labute approximate surface area is 120 Å². The first-order chi connectivity index (χ1) is 9.44. The molecule has 0 aliphatic heterocycles. The fraction of sp³-hybridized carbons (Fsp3) is 0.857. The van der Waals surface area contributed by atoms with E-state index in [0.29, 0.717) is 6.61 Å². The van der Waals surface area contributed by atoms with Gasteiger partial charge in [0, 0.05) is 13.0 Å². The van der Waals surface area contributed by atoms with Gasteiger partial charge in [-0.1, -0.05) is 20.3 Å². The molecule has 0 saturated heterocycles. The molecule has 118 valence electrons. The fourth-order valence-electron chi connectivity index (χ4n) is 1.89. The second kappa shape index (κ2) is 9.72. The molecule has 0 rings (SSSR count). The number of carbonyl (C=O) groups excluding carboxylic acids is 1. The van der Waals surface area contributed by atoms with Gasteiger partial charge in [-0.05, 0) is 19.8 Å². The first-order valence-electron chi connectivity index (χ1n) is 7.11. The predicted octanol–water partition coefficient (Wildman–Crippen LogP) is 1.60. The van der Waals surface area contributed by atoms with E-state index in [1.54, 1.807) is 13.8 Å². The molecule has 0 aromatic heterocycles. The molecule has 0 fully saturated rings. The lowest BCUT2D eigenvalue weighted by atomic mass is 9.80. The molecule has 2 atom stereocenters. The maximum absolute atomic E-state index is 11.9. The zero-order valence-electron chi connectivity index (χ0n) is 12.6. The van der Waals surface area contributed by atoms with Crippen LogP contribution in [0.5, 0.6) is 0 Å². The molecule has 6 nitrogen and oxygen atoms in total. The number of ether oxygens (including phenoxy) is 2. The van der Waals surface area contributed by atoms with Crippen LogP contribution in [0.25, 0.3) is 0 Å². The summed E-state index contributed by atoms with van der Waals surface area (Å²) in [5.41, 5.74) is -1.70. The van der Waals surface area contributed by atoms with Crippen molar-refractivity contribution in [3.63, 3.8) is 0 Å². The highest BCUT2D eigenvalue weighted by Gasteiger charge is 2.47. The Bertz CT molecular complexity index is 304. The van der Waals surface area contributed by atoms with Crippen molar-refractivity contribution in [2.45, 2.75) is 52.6 Å². The third-order valence-corrected chi connectivity index (χ3v) is 3.22. The van der Waals surface area contributed by atoms with Gasteiger partial charge in [0.1, 0.15) is 0 Å². The normalized spacial score (nSPS) is 15.4. The van der Waals surface area contributed by atoms with Crippen molar-refractivity contribution < 1.29 is 29.3 Å². The van der Waals surface area contributed by atoms with Crippen LogP contribution in [0.3, 0.4) is 0 Å². The summed E-state index contributed by atoms with van der Waals surface area (Å²) >= 11 is 0. The Kier molecular flexibility index (Phi) is 9.16. The van der Waals surface area contributed by atoms with Crippen molar-refractivity contribution in [1.82, 2.24) is 0 Å². The van der Waals surface area contributed by atoms with Gasteiger partial charge in [-0.15, -0.1) is 0 Å². The van der Waals surface area contributed by atoms with Crippen LogP contribution in [-0.2, 0) is 19.1 Å². The zero-order chi connectivity index (χ0) is 15.6. The van der Waals surface area contributed by atoms with Crippen LogP contribution in [0.1, 0.15) is 46.5 Å². The number of hydrogen-bond donors (Lipinski definition) is 2. The van der Waals surface area contributed by atoms with E-state index in [-0.39, 0.29) is 26.1 Å². The summed E-state index contributed by atoms with van der Waals surface area (Å²) in [4.78, 5) is 23.3. The molecule has 0 aliphatic rings. The van der Waals surface area contributed by atoms with Crippen LogP contribution < -0.4 is 0 Å². The average molecular weight is 290 g/mol. The van der Waals surface area contributed by atoms with Gasteiger partial charge in [-0.2, -0.15) is 0 Å². The number of aliphatic carboxylic acids is 1. The molecule has 20 heavy (non-hydrogen) atoms. The molecule has 6 heteroatoms. The van der Waals surface area contributed by atoms with E-state index in [9.17, 15) is 19.8 Å². The molecular formula is C14H26O6. The smallest absolute Gasteiger partial charge is 0.323 e. The first kappa shape index (κ1) is 18.9. The molecule has 0 aliphatic carbocycles. The average Bonchev–Trinajstić information content (AvgIpc) is 2.40. The molecule has 0 aromatic rings. The van der Waals surface area contributed by atoms with Gasteiger partial charge in [0.15, 0.2) is 5.41 Å². The lowest BCUT2D eigenvalue weighted by molar-refractivity contribution is -0.172. The molecule has 0 spiro atoms. The summed E-state index contributed by atoms with van der Waals surface area (Å²) in [6, 6.07) is 0. The van der Waals surface area contributed by atoms with E-state index in [4.69, 9.17) is 9.47 Å². The van der Waals surface area contributed by atoms with E-state index >= 15 is 0 Å². The second-order valence-corrected chi connectivity index (χ2v) is 4.75. The summed E-state index contributed by atoms with van der Waals surface area (Å²) in [6.45, 7) is 5.87. The molecule has 0 amide bonds.